The van der Waals surface area contributed by atoms with Gasteiger partial charge in [0.25, 0.3) is 0 Å². The summed E-state index contributed by atoms with van der Waals surface area (Å²) in [5.41, 5.74) is 4.48. The van der Waals surface area contributed by atoms with Crippen molar-refractivity contribution in [3.05, 3.63) is 59.7 Å². The lowest BCUT2D eigenvalue weighted by Gasteiger charge is -2.14. The Kier molecular flexibility index (Phi) is 9.20. The Bertz CT molecular complexity index is 1090. The second-order valence-electron chi connectivity index (χ2n) is 7.81. The number of hydrogen-bond donors (Lipinski definition) is 6. The number of carboxylic acid groups (broad SMARTS) is 1. The van der Waals surface area contributed by atoms with Crippen LogP contribution in [0, 0.1) is 0 Å². The number of fused-ring (bicyclic) bond motifs is 3. The van der Waals surface area contributed by atoms with Crippen molar-refractivity contribution in [1.29, 1.82) is 0 Å². The molecule has 0 bridgehead atoms. The van der Waals surface area contributed by atoms with E-state index in [-0.39, 0.29) is 32.2 Å². The number of hydrogen-bond acceptors (Lipinski definition) is 6. The molecule has 190 valence electrons. The second-order valence-corrected chi connectivity index (χ2v) is 7.81. The summed E-state index contributed by atoms with van der Waals surface area (Å²) in [7, 11) is 0. The highest BCUT2D eigenvalue weighted by atomic mass is 16.5. The summed E-state index contributed by atoms with van der Waals surface area (Å²) in [5.74, 6) is -1.84. The first kappa shape index (κ1) is 26.0. The molecule has 2 aromatic carbocycles. The van der Waals surface area contributed by atoms with Gasteiger partial charge in [0.15, 0.2) is 0 Å². The molecule has 0 aromatic heterocycles. The Morgan fingerprint density at radius 1 is 0.667 bits per heavy atom. The van der Waals surface area contributed by atoms with Gasteiger partial charge in [0, 0.05) is 19.0 Å². The molecular weight excluding hydrogens is 470 g/mol. The SMILES string of the molecule is O=C(O)NCC(=O)NCC(=O)NCC(=O)NCCNC(=O)OCC1c2ccccc2-c2ccccc21. The summed E-state index contributed by atoms with van der Waals surface area (Å²) in [4.78, 5) is 57.2. The molecule has 0 aliphatic heterocycles. The zero-order valence-electron chi connectivity index (χ0n) is 19.3. The summed E-state index contributed by atoms with van der Waals surface area (Å²) >= 11 is 0. The summed E-state index contributed by atoms with van der Waals surface area (Å²) in [6.45, 7) is -0.788. The quantitative estimate of drug-likeness (QED) is 0.239. The first-order valence-corrected chi connectivity index (χ1v) is 11.2. The monoisotopic (exact) mass is 497 g/mol. The maximum Gasteiger partial charge on any atom is 0.407 e. The van der Waals surface area contributed by atoms with Gasteiger partial charge in [-0.2, -0.15) is 0 Å². The number of rotatable bonds is 11. The van der Waals surface area contributed by atoms with E-state index in [0.717, 1.165) is 22.3 Å². The first-order valence-electron chi connectivity index (χ1n) is 11.2. The summed E-state index contributed by atoms with van der Waals surface area (Å²) < 4.78 is 5.41. The van der Waals surface area contributed by atoms with Crippen molar-refractivity contribution >= 4 is 29.9 Å². The van der Waals surface area contributed by atoms with Crippen LogP contribution in [0.1, 0.15) is 17.0 Å². The molecule has 0 unspecified atom stereocenters. The normalized spacial score (nSPS) is 11.4. The smallest absolute Gasteiger partial charge is 0.407 e. The highest BCUT2D eigenvalue weighted by Gasteiger charge is 2.28. The van der Waals surface area contributed by atoms with E-state index in [4.69, 9.17) is 9.84 Å². The van der Waals surface area contributed by atoms with Crippen molar-refractivity contribution in [3.8, 4) is 11.1 Å². The van der Waals surface area contributed by atoms with Crippen molar-refractivity contribution in [2.75, 3.05) is 39.3 Å². The number of amides is 5. The van der Waals surface area contributed by atoms with Crippen LogP contribution < -0.4 is 26.6 Å². The highest BCUT2D eigenvalue weighted by molar-refractivity contribution is 5.89. The van der Waals surface area contributed by atoms with E-state index >= 15 is 0 Å². The van der Waals surface area contributed by atoms with E-state index in [9.17, 15) is 24.0 Å². The predicted octanol–water partition coefficient (Wildman–Crippen LogP) is 0.141. The molecular formula is C24H27N5O7. The number of carbonyl (C=O) groups excluding carboxylic acids is 4. The van der Waals surface area contributed by atoms with Gasteiger partial charge in [-0.3, -0.25) is 14.4 Å². The lowest BCUT2D eigenvalue weighted by atomic mass is 9.98. The molecule has 2 aromatic rings. The molecule has 0 spiro atoms. The van der Waals surface area contributed by atoms with Crippen LogP contribution in [0.5, 0.6) is 0 Å². The maximum atomic E-state index is 12.1. The van der Waals surface area contributed by atoms with Gasteiger partial charge in [-0.15, -0.1) is 0 Å². The van der Waals surface area contributed by atoms with Crippen molar-refractivity contribution in [2.24, 2.45) is 0 Å². The molecule has 0 saturated carbocycles. The van der Waals surface area contributed by atoms with Crippen molar-refractivity contribution < 1.29 is 33.8 Å². The third kappa shape index (κ3) is 7.45. The van der Waals surface area contributed by atoms with Gasteiger partial charge >= 0.3 is 12.2 Å². The Balaban J connectivity index is 1.29. The third-order valence-corrected chi connectivity index (χ3v) is 5.35. The van der Waals surface area contributed by atoms with E-state index in [0.29, 0.717) is 0 Å². The van der Waals surface area contributed by atoms with Gasteiger partial charge in [-0.1, -0.05) is 48.5 Å². The minimum atomic E-state index is -1.36. The first-order chi connectivity index (χ1) is 17.3. The van der Waals surface area contributed by atoms with Gasteiger partial charge in [0.05, 0.1) is 19.6 Å². The molecule has 0 radical (unpaired) electrons. The van der Waals surface area contributed by atoms with Crippen LogP contribution in [0.3, 0.4) is 0 Å². The molecule has 3 rings (SSSR count). The van der Waals surface area contributed by atoms with Crippen LogP contribution in [-0.2, 0) is 19.1 Å². The fourth-order valence-corrected chi connectivity index (χ4v) is 3.72. The zero-order valence-corrected chi connectivity index (χ0v) is 19.3. The maximum absolute atomic E-state index is 12.1. The van der Waals surface area contributed by atoms with E-state index < -0.39 is 43.0 Å². The standard InChI is InChI=1S/C24H27N5O7/c30-20(11-27-21(31)12-28-22(32)13-29-23(33)34)25-9-10-26-24(35)36-14-19-17-7-3-1-5-15(17)16-6-2-4-8-18(16)19/h1-8,19,29H,9-14H2,(H,25,30)(H,26,35)(H,27,31)(H,28,32)(H,33,34). The Morgan fingerprint density at radius 2 is 1.14 bits per heavy atom. The number of nitrogens with one attached hydrogen (secondary N) is 5. The average Bonchev–Trinajstić information content (AvgIpc) is 3.20. The van der Waals surface area contributed by atoms with Gasteiger partial charge < -0.3 is 36.4 Å². The second kappa shape index (κ2) is 12.7. The topological polar surface area (TPSA) is 175 Å². The van der Waals surface area contributed by atoms with Crippen molar-refractivity contribution in [1.82, 2.24) is 26.6 Å². The molecule has 0 heterocycles. The summed E-state index contributed by atoms with van der Waals surface area (Å²) in [6.07, 6.45) is -1.97. The molecule has 0 saturated heterocycles. The Hall–Kier alpha value is -4.61. The van der Waals surface area contributed by atoms with E-state index in [2.05, 4.69) is 33.4 Å². The Morgan fingerprint density at radius 3 is 1.69 bits per heavy atom. The minimum Gasteiger partial charge on any atom is -0.465 e. The van der Waals surface area contributed by atoms with Crippen molar-refractivity contribution in [3.63, 3.8) is 0 Å². The predicted molar refractivity (Wildman–Crippen MR) is 128 cm³/mol. The summed E-state index contributed by atoms with van der Waals surface area (Å²) in [5, 5.41) is 19.9. The van der Waals surface area contributed by atoms with Crippen LogP contribution in [-0.4, -0.2) is 74.3 Å². The lowest BCUT2D eigenvalue weighted by molar-refractivity contribution is -0.127. The largest absolute Gasteiger partial charge is 0.465 e. The zero-order chi connectivity index (χ0) is 25.9. The summed E-state index contributed by atoms with van der Waals surface area (Å²) in [6, 6.07) is 16.0. The number of ether oxygens (including phenoxy) is 1. The average molecular weight is 498 g/mol. The number of carbonyl (C=O) groups is 5. The third-order valence-electron chi connectivity index (χ3n) is 5.35. The molecule has 12 heteroatoms. The van der Waals surface area contributed by atoms with Crippen LogP contribution in [0.25, 0.3) is 11.1 Å². The molecule has 5 amide bonds. The van der Waals surface area contributed by atoms with Gasteiger partial charge in [-0.25, -0.2) is 9.59 Å². The number of alkyl carbamates (subject to hydrolysis) is 1. The van der Waals surface area contributed by atoms with Crippen LogP contribution in [0.4, 0.5) is 9.59 Å². The molecule has 0 atom stereocenters. The molecule has 1 aliphatic carbocycles. The van der Waals surface area contributed by atoms with E-state index in [1.165, 1.54) is 0 Å². The van der Waals surface area contributed by atoms with Gasteiger partial charge in [0.1, 0.15) is 6.61 Å². The lowest BCUT2D eigenvalue weighted by Crippen LogP contribution is -2.45. The van der Waals surface area contributed by atoms with Gasteiger partial charge in [-0.05, 0) is 22.3 Å². The number of benzene rings is 2. The molecule has 0 fully saturated rings. The van der Waals surface area contributed by atoms with E-state index in [1.807, 2.05) is 41.7 Å². The molecule has 12 nitrogen and oxygen atoms in total. The highest BCUT2D eigenvalue weighted by Crippen LogP contribution is 2.44. The van der Waals surface area contributed by atoms with Crippen LogP contribution >= 0.6 is 0 Å². The fourth-order valence-electron chi connectivity index (χ4n) is 3.72. The van der Waals surface area contributed by atoms with Crippen LogP contribution in [0.15, 0.2) is 48.5 Å². The van der Waals surface area contributed by atoms with E-state index in [1.54, 1.807) is 0 Å². The fraction of sp³-hybridized carbons (Fsp3) is 0.292. The molecule has 36 heavy (non-hydrogen) atoms. The Labute approximate surface area is 206 Å². The van der Waals surface area contributed by atoms with Crippen LogP contribution in [0.2, 0.25) is 0 Å². The molecule has 1 aliphatic rings. The van der Waals surface area contributed by atoms with Crippen molar-refractivity contribution in [2.45, 2.75) is 5.92 Å². The molecule has 6 N–H and O–H groups in total. The minimum absolute atomic E-state index is 0.0512. The van der Waals surface area contributed by atoms with Gasteiger partial charge in [0.2, 0.25) is 17.7 Å².